The van der Waals surface area contributed by atoms with E-state index in [-0.39, 0.29) is 0 Å². The van der Waals surface area contributed by atoms with Crippen LogP contribution in [0.3, 0.4) is 0 Å². The van der Waals surface area contributed by atoms with E-state index in [9.17, 15) is 9.90 Å². The molecule has 2 N–H and O–H groups in total. The standard InChI is InChI=1S/C15H23NO3/c1-5-15(14(17)18,16-10-11(2)3)12-6-8-13(19-4)9-7-12/h6-9,11,16H,5,10H2,1-4H3,(H,17,18). The molecule has 4 heteroatoms. The van der Waals surface area contributed by atoms with Gasteiger partial charge in [0.05, 0.1) is 7.11 Å². The lowest BCUT2D eigenvalue weighted by Gasteiger charge is -2.31. The van der Waals surface area contributed by atoms with E-state index in [4.69, 9.17) is 4.74 Å². The van der Waals surface area contributed by atoms with E-state index in [0.717, 1.165) is 11.3 Å². The molecule has 0 bridgehead atoms. The molecule has 19 heavy (non-hydrogen) atoms. The lowest BCUT2D eigenvalue weighted by molar-refractivity contribution is -0.145. The van der Waals surface area contributed by atoms with Crippen molar-refractivity contribution in [1.29, 1.82) is 0 Å². The second-order valence-electron chi connectivity index (χ2n) is 5.07. The Balaban J connectivity index is 3.09. The highest BCUT2D eigenvalue weighted by Crippen LogP contribution is 2.27. The molecule has 0 spiro atoms. The number of hydrogen-bond donors (Lipinski definition) is 2. The average molecular weight is 265 g/mol. The summed E-state index contributed by atoms with van der Waals surface area (Å²) in [6.07, 6.45) is 0.487. The molecule has 0 saturated carbocycles. The molecule has 0 aromatic heterocycles. The van der Waals surface area contributed by atoms with Crippen LogP contribution in [0.5, 0.6) is 5.75 Å². The number of aliphatic carboxylic acids is 1. The van der Waals surface area contributed by atoms with Crippen molar-refractivity contribution in [3.05, 3.63) is 29.8 Å². The normalized spacial score (nSPS) is 14.2. The highest BCUT2D eigenvalue weighted by molar-refractivity contribution is 5.80. The van der Waals surface area contributed by atoms with Crippen molar-refractivity contribution >= 4 is 5.97 Å². The number of carbonyl (C=O) groups is 1. The molecule has 1 rings (SSSR count). The molecule has 0 amide bonds. The van der Waals surface area contributed by atoms with E-state index in [0.29, 0.717) is 18.9 Å². The summed E-state index contributed by atoms with van der Waals surface area (Å²) in [5, 5.41) is 12.8. The topological polar surface area (TPSA) is 58.6 Å². The number of nitrogens with one attached hydrogen (secondary N) is 1. The van der Waals surface area contributed by atoms with Crippen molar-refractivity contribution in [2.45, 2.75) is 32.7 Å². The molecular formula is C15H23NO3. The predicted molar refractivity (Wildman–Crippen MR) is 75.4 cm³/mol. The van der Waals surface area contributed by atoms with Crippen LogP contribution < -0.4 is 10.1 Å². The molecule has 0 aliphatic carbocycles. The summed E-state index contributed by atoms with van der Waals surface area (Å²) in [7, 11) is 1.59. The van der Waals surface area contributed by atoms with E-state index in [1.54, 1.807) is 19.2 Å². The smallest absolute Gasteiger partial charge is 0.328 e. The number of benzene rings is 1. The van der Waals surface area contributed by atoms with Gasteiger partial charge in [-0.3, -0.25) is 5.32 Å². The van der Waals surface area contributed by atoms with Gasteiger partial charge in [0, 0.05) is 0 Å². The second-order valence-corrected chi connectivity index (χ2v) is 5.07. The minimum absolute atomic E-state index is 0.392. The third-order valence-electron chi connectivity index (χ3n) is 3.29. The van der Waals surface area contributed by atoms with Crippen molar-refractivity contribution < 1.29 is 14.6 Å². The van der Waals surface area contributed by atoms with Crippen LogP contribution in [-0.4, -0.2) is 24.7 Å². The van der Waals surface area contributed by atoms with Crippen LogP contribution in [0.4, 0.5) is 0 Å². The van der Waals surface area contributed by atoms with Crippen molar-refractivity contribution in [2.75, 3.05) is 13.7 Å². The summed E-state index contributed by atoms with van der Waals surface area (Å²) in [4.78, 5) is 11.7. The van der Waals surface area contributed by atoms with Crippen LogP contribution in [0.2, 0.25) is 0 Å². The summed E-state index contributed by atoms with van der Waals surface area (Å²) in [5.41, 5.74) is -0.278. The first-order chi connectivity index (χ1) is 8.96. The Morgan fingerprint density at radius 1 is 1.37 bits per heavy atom. The Morgan fingerprint density at radius 2 is 1.95 bits per heavy atom. The minimum atomic E-state index is -1.03. The number of methoxy groups -OCH3 is 1. The van der Waals surface area contributed by atoms with Gasteiger partial charge in [0.25, 0.3) is 0 Å². The fourth-order valence-corrected chi connectivity index (χ4v) is 2.04. The van der Waals surface area contributed by atoms with E-state index in [1.807, 2.05) is 19.1 Å². The third kappa shape index (κ3) is 3.47. The van der Waals surface area contributed by atoms with Gasteiger partial charge in [0.1, 0.15) is 11.3 Å². The monoisotopic (exact) mass is 265 g/mol. The van der Waals surface area contributed by atoms with Gasteiger partial charge in [-0.25, -0.2) is 4.79 Å². The van der Waals surface area contributed by atoms with Crippen molar-refractivity contribution in [1.82, 2.24) is 5.32 Å². The highest BCUT2D eigenvalue weighted by atomic mass is 16.5. The maximum atomic E-state index is 11.7. The Hall–Kier alpha value is -1.55. The lowest BCUT2D eigenvalue weighted by atomic mass is 9.86. The molecule has 0 saturated heterocycles. The first-order valence-corrected chi connectivity index (χ1v) is 6.59. The fraction of sp³-hybridized carbons (Fsp3) is 0.533. The number of carboxylic acids is 1. The van der Waals surface area contributed by atoms with Gasteiger partial charge < -0.3 is 9.84 Å². The number of carboxylic acid groups (broad SMARTS) is 1. The molecule has 1 aromatic carbocycles. The largest absolute Gasteiger partial charge is 0.497 e. The molecule has 106 valence electrons. The zero-order valence-corrected chi connectivity index (χ0v) is 12.1. The van der Waals surface area contributed by atoms with Crippen LogP contribution in [0.15, 0.2) is 24.3 Å². The van der Waals surface area contributed by atoms with E-state index < -0.39 is 11.5 Å². The molecule has 1 aromatic rings. The molecule has 0 aliphatic heterocycles. The lowest BCUT2D eigenvalue weighted by Crippen LogP contribution is -2.50. The maximum Gasteiger partial charge on any atom is 0.328 e. The van der Waals surface area contributed by atoms with Crippen LogP contribution in [0.1, 0.15) is 32.8 Å². The van der Waals surface area contributed by atoms with Gasteiger partial charge in [-0.05, 0) is 36.6 Å². The van der Waals surface area contributed by atoms with Crippen LogP contribution in [-0.2, 0) is 10.3 Å². The van der Waals surface area contributed by atoms with Crippen molar-refractivity contribution in [3.8, 4) is 5.75 Å². The number of ether oxygens (including phenoxy) is 1. The molecule has 0 fully saturated rings. The Bertz CT molecular complexity index is 414. The van der Waals surface area contributed by atoms with Crippen LogP contribution in [0, 0.1) is 5.92 Å². The van der Waals surface area contributed by atoms with Gasteiger partial charge in [-0.1, -0.05) is 32.9 Å². The molecule has 0 aliphatic rings. The molecule has 1 atom stereocenters. The molecular weight excluding hydrogens is 242 g/mol. The summed E-state index contributed by atoms with van der Waals surface area (Å²) >= 11 is 0. The van der Waals surface area contributed by atoms with Gasteiger partial charge >= 0.3 is 5.97 Å². The van der Waals surface area contributed by atoms with Gasteiger partial charge in [0.15, 0.2) is 0 Å². The summed E-state index contributed by atoms with van der Waals surface area (Å²) in [6, 6.07) is 7.20. The SMILES string of the molecule is CCC(NCC(C)C)(C(=O)O)c1ccc(OC)cc1. The van der Waals surface area contributed by atoms with E-state index in [1.165, 1.54) is 0 Å². The van der Waals surface area contributed by atoms with Gasteiger partial charge in [0.2, 0.25) is 0 Å². The number of hydrogen-bond acceptors (Lipinski definition) is 3. The van der Waals surface area contributed by atoms with E-state index in [2.05, 4.69) is 19.2 Å². The maximum absolute atomic E-state index is 11.7. The zero-order chi connectivity index (χ0) is 14.5. The molecule has 1 unspecified atom stereocenters. The highest BCUT2D eigenvalue weighted by Gasteiger charge is 2.38. The molecule has 0 heterocycles. The van der Waals surface area contributed by atoms with Crippen LogP contribution >= 0.6 is 0 Å². The van der Waals surface area contributed by atoms with Gasteiger partial charge in [-0.15, -0.1) is 0 Å². The Morgan fingerprint density at radius 3 is 2.32 bits per heavy atom. The third-order valence-corrected chi connectivity index (χ3v) is 3.29. The van der Waals surface area contributed by atoms with Crippen molar-refractivity contribution in [3.63, 3.8) is 0 Å². The summed E-state index contributed by atoms with van der Waals surface area (Å²) in [5.74, 6) is 0.271. The van der Waals surface area contributed by atoms with E-state index >= 15 is 0 Å². The second kappa shape index (κ2) is 6.57. The fourth-order valence-electron chi connectivity index (χ4n) is 2.04. The Labute approximate surface area is 114 Å². The molecule has 4 nitrogen and oxygen atoms in total. The number of rotatable bonds is 7. The van der Waals surface area contributed by atoms with Crippen molar-refractivity contribution in [2.24, 2.45) is 5.92 Å². The summed E-state index contributed by atoms with van der Waals surface area (Å²) < 4.78 is 5.11. The predicted octanol–water partition coefficient (Wildman–Crippen LogP) is 2.63. The van der Waals surface area contributed by atoms with Crippen LogP contribution in [0.25, 0.3) is 0 Å². The Kier molecular flexibility index (Phi) is 5.36. The summed E-state index contributed by atoms with van der Waals surface area (Å²) in [6.45, 7) is 6.66. The quantitative estimate of drug-likeness (QED) is 0.795. The van der Waals surface area contributed by atoms with Gasteiger partial charge in [-0.2, -0.15) is 0 Å². The molecule has 0 radical (unpaired) electrons. The minimum Gasteiger partial charge on any atom is -0.497 e. The zero-order valence-electron chi connectivity index (χ0n) is 12.1. The average Bonchev–Trinajstić information content (AvgIpc) is 2.40. The first-order valence-electron chi connectivity index (χ1n) is 6.59. The first kappa shape index (κ1) is 15.5.